The number of fused-ring (bicyclic) bond motifs is 1. The normalized spacial score (nSPS) is 12.0. The van der Waals surface area contributed by atoms with Gasteiger partial charge >= 0.3 is 0 Å². The van der Waals surface area contributed by atoms with E-state index in [0.29, 0.717) is 28.2 Å². The van der Waals surface area contributed by atoms with Crippen molar-refractivity contribution in [2.24, 2.45) is 0 Å². The van der Waals surface area contributed by atoms with Crippen LogP contribution in [0.15, 0.2) is 48.9 Å². The van der Waals surface area contributed by atoms with Gasteiger partial charge in [0, 0.05) is 29.7 Å². The summed E-state index contributed by atoms with van der Waals surface area (Å²) >= 11 is 0. The van der Waals surface area contributed by atoms with Crippen LogP contribution >= 0.6 is 0 Å². The number of nitrogens with zero attached hydrogens (tertiary/aromatic N) is 5. The van der Waals surface area contributed by atoms with Crippen molar-refractivity contribution in [2.75, 3.05) is 10.6 Å². The Balaban J connectivity index is 1.46. The summed E-state index contributed by atoms with van der Waals surface area (Å²) in [6, 6.07) is 7.82. The third-order valence-electron chi connectivity index (χ3n) is 5.05. The van der Waals surface area contributed by atoms with Gasteiger partial charge in [-0.3, -0.25) is 14.5 Å². The summed E-state index contributed by atoms with van der Waals surface area (Å²) in [5, 5.41) is 10.3. The first-order valence-corrected chi connectivity index (χ1v) is 10.4. The topological polar surface area (TPSA) is 97.6 Å². The van der Waals surface area contributed by atoms with Crippen LogP contribution in [0.3, 0.4) is 0 Å². The molecule has 4 aromatic rings. The molecule has 8 nitrogen and oxygen atoms in total. The Kier molecular flexibility index (Phi) is 6.07. The van der Waals surface area contributed by atoms with E-state index < -0.39 is 6.04 Å². The van der Waals surface area contributed by atoms with Crippen molar-refractivity contribution in [3.63, 3.8) is 0 Å². The second-order valence-electron chi connectivity index (χ2n) is 7.58. The van der Waals surface area contributed by atoms with Gasteiger partial charge < -0.3 is 10.6 Å². The molecule has 0 saturated heterocycles. The van der Waals surface area contributed by atoms with Crippen molar-refractivity contribution >= 4 is 28.6 Å². The lowest BCUT2D eigenvalue weighted by Crippen LogP contribution is -2.16. The molecule has 164 valence electrons. The molecule has 32 heavy (non-hydrogen) atoms. The molecule has 0 radical (unpaired) electrons. The molecule has 0 aliphatic heterocycles. The minimum Gasteiger partial charge on any atom is -0.362 e. The van der Waals surface area contributed by atoms with Crippen molar-refractivity contribution in [1.82, 2.24) is 24.7 Å². The Hall–Kier alpha value is -3.88. The minimum absolute atomic E-state index is 0.188. The molecule has 0 spiro atoms. The van der Waals surface area contributed by atoms with E-state index >= 15 is 0 Å². The number of anilines is 2. The number of aromatic nitrogens is 5. The Morgan fingerprint density at radius 1 is 1.19 bits per heavy atom. The molecular formula is C23H24FN7O. The molecule has 0 unspecified atom stereocenters. The van der Waals surface area contributed by atoms with Gasteiger partial charge in [-0.1, -0.05) is 6.07 Å². The standard InChI is InChI=1S/C23H24FN7O/c1-4-31-13-20-23(30-31)29-21(12-26-20)27-15(3)18-10-17(7-8-19(18)24)28-22(32)9-16-6-5-14(2)25-11-16/h5-8,10-13,15H,4,9H2,1-3H3,(H,28,32)(H,27,29,30)/t15-/m0/s1. The summed E-state index contributed by atoms with van der Waals surface area (Å²) in [6.45, 7) is 6.42. The first kappa shape index (κ1) is 21.4. The number of pyridine rings is 1. The van der Waals surface area contributed by atoms with Gasteiger partial charge in [0.2, 0.25) is 11.6 Å². The highest BCUT2D eigenvalue weighted by Gasteiger charge is 2.15. The van der Waals surface area contributed by atoms with E-state index in [1.165, 1.54) is 6.07 Å². The summed E-state index contributed by atoms with van der Waals surface area (Å²) in [7, 11) is 0. The highest BCUT2D eigenvalue weighted by molar-refractivity contribution is 5.92. The van der Waals surface area contributed by atoms with Crippen molar-refractivity contribution in [3.05, 3.63) is 71.6 Å². The number of benzene rings is 1. The van der Waals surface area contributed by atoms with E-state index in [0.717, 1.165) is 17.8 Å². The Morgan fingerprint density at radius 3 is 2.78 bits per heavy atom. The maximum atomic E-state index is 14.5. The van der Waals surface area contributed by atoms with Crippen LogP contribution in [0.25, 0.3) is 11.2 Å². The average molecular weight is 433 g/mol. The Bertz CT molecular complexity index is 1250. The zero-order valence-electron chi connectivity index (χ0n) is 18.1. The SMILES string of the molecule is CCn1cc2ncc(N[C@@H](C)c3cc(NC(=O)Cc4ccc(C)nc4)ccc3F)nc2n1. The minimum atomic E-state index is -0.409. The molecule has 0 saturated carbocycles. The number of halogens is 1. The average Bonchev–Trinajstić information content (AvgIpc) is 3.19. The molecule has 0 aliphatic carbocycles. The second kappa shape index (κ2) is 9.09. The molecule has 2 N–H and O–H groups in total. The van der Waals surface area contributed by atoms with Gasteiger partial charge in [0.1, 0.15) is 17.2 Å². The van der Waals surface area contributed by atoms with E-state index in [2.05, 4.69) is 30.7 Å². The van der Waals surface area contributed by atoms with Crippen LogP contribution in [0.2, 0.25) is 0 Å². The zero-order chi connectivity index (χ0) is 22.7. The molecule has 0 bridgehead atoms. The first-order chi connectivity index (χ1) is 15.4. The van der Waals surface area contributed by atoms with Crippen molar-refractivity contribution in [3.8, 4) is 0 Å². The summed E-state index contributed by atoms with van der Waals surface area (Å²) in [6.07, 6.45) is 5.29. The number of hydrogen-bond donors (Lipinski definition) is 2. The van der Waals surface area contributed by atoms with Gasteiger partial charge in [-0.2, -0.15) is 5.10 Å². The van der Waals surface area contributed by atoms with Gasteiger partial charge in [0.15, 0.2) is 0 Å². The quantitative estimate of drug-likeness (QED) is 0.456. The van der Waals surface area contributed by atoms with E-state index in [1.807, 2.05) is 39.1 Å². The number of amides is 1. The van der Waals surface area contributed by atoms with E-state index in [-0.39, 0.29) is 18.1 Å². The predicted molar refractivity (Wildman–Crippen MR) is 121 cm³/mol. The van der Waals surface area contributed by atoms with Gasteiger partial charge in [-0.05, 0) is 50.6 Å². The monoisotopic (exact) mass is 433 g/mol. The number of aryl methyl sites for hydroxylation is 2. The fourth-order valence-corrected chi connectivity index (χ4v) is 3.32. The lowest BCUT2D eigenvalue weighted by Gasteiger charge is -2.17. The maximum Gasteiger partial charge on any atom is 0.228 e. The largest absolute Gasteiger partial charge is 0.362 e. The number of hydrogen-bond acceptors (Lipinski definition) is 6. The van der Waals surface area contributed by atoms with Crippen LogP contribution in [0, 0.1) is 12.7 Å². The number of rotatable bonds is 7. The molecule has 1 aromatic carbocycles. The Morgan fingerprint density at radius 2 is 2.03 bits per heavy atom. The molecule has 0 aliphatic rings. The fourth-order valence-electron chi connectivity index (χ4n) is 3.32. The maximum absolute atomic E-state index is 14.5. The zero-order valence-corrected chi connectivity index (χ0v) is 18.1. The number of carbonyl (C=O) groups excluding carboxylic acids is 1. The smallest absolute Gasteiger partial charge is 0.228 e. The predicted octanol–water partition coefficient (Wildman–Crippen LogP) is 4.04. The van der Waals surface area contributed by atoms with Crippen LogP contribution in [-0.2, 0) is 17.8 Å². The molecular weight excluding hydrogens is 409 g/mol. The highest BCUT2D eigenvalue weighted by Crippen LogP contribution is 2.24. The third-order valence-corrected chi connectivity index (χ3v) is 5.05. The van der Waals surface area contributed by atoms with Crippen LogP contribution in [0.4, 0.5) is 15.9 Å². The fraction of sp³-hybridized carbons (Fsp3) is 0.261. The van der Waals surface area contributed by atoms with Crippen LogP contribution in [0.1, 0.15) is 36.7 Å². The number of carbonyl (C=O) groups is 1. The van der Waals surface area contributed by atoms with Crippen molar-refractivity contribution in [1.29, 1.82) is 0 Å². The van der Waals surface area contributed by atoms with Gasteiger partial charge in [0.05, 0.1) is 24.9 Å². The van der Waals surface area contributed by atoms with Crippen molar-refractivity contribution < 1.29 is 9.18 Å². The van der Waals surface area contributed by atoms with Gasteiger partial charge in [-0.25, -0.2) is 14.4 Å². The van der Waals surface area contributed by atoms with Crippen LogP contribution in [0.5, 0.6) is 0 Å². The number of nitrogens with one attached hydrogen (secondary N) is 2. The van der Waals surface area contributed by atoms with E-state index in [4.69, 9.17) is 0 Å². The molecule has 0 fully saturated rings. The molecule has 3 aromatic heterocycles. The molecule has 1 atom stereocenters. The highest BCUT2D eigenvalue weighted by atomic mass is 19.1. The Labute approximate surface area is 184 Å². The van der Waals surface area contributed by atoms with Gasteiger partial charge in [0.25, 0.3) is 0 Å². The second-order valence-corrected chi connectivity index (χ2v) is 7.58. The molecule has 9 heteroatoms. The summed E-state index contributed by atoms with van der Waals surface area (Å²) in [5.41, 5.74) is 3.84. The third kappa shape index (κ3) is 4.88. The van der Waals surface area contributed by atoms with E-state index in [1.54, 1.807) is 29.2 Å². The summed E-state index contributed by atoms with van der Waals surface area (Å²) in [4.78, 5) is 25.4. The lowest BCUT2D eigenvalue weighted by molar-refractivity contribution is -0.115. The first-order valence-electron chi connectivity index (χ1n) is 10.4. The van der Waals surface area contributed by atoms with Crippen molar-refractivity contribution in [2.45, 2.75) is 39.8 Å². The molecule has 4 rings (SSSR count). The molecule has 3 heterocycles. The van der Waals surface area contributed by atoms with Crippen LogP contribution in [-0.4, -0.2) is 30.6 Å². The summed E-state index contributed by atoms with van der Waals surface area (Å²) < 4.78 is 16.3. The molecule has 1 amide bonds. The van der Waals surface area contributed by atoms with Crippen LogP contribution < -0.4 is 10.6 Å². The van der Waals surface area contributed by atoms with E-state index in [9.17, 15) is 9.18 Å². The van der Waals surface area contributed by atoms with Gasteiger partial charge in [-0.15, -0.1) is 0 Å². The lowest BCUT2D eigenvalue weighted by atomic mass is 10.1. The summed E-state index contributed by atoms with van der Waals surface area (Å²) in [5.74, 6) is -0.0845.